The lowest BCUT2D eigenvalue weighted by Gasteiger charge is -2.18. The van der Waals surface area contributed by atoms with Gasteiger partial charge in [0, 0.05) is 28.8 Å². The molecule has 0 aromatic heterocycles. The summed E-state index contributed by atoms with van der Waals surface area (Å²) in [7, 11) is 1.31. The number of ether oxygens (including phenoxy) is 1. The molecule has 2 aromatic rings. The van der Waals surface area contributed by atoms with Gasteiger partial charge in [-0.2, -0.15) is 0 Å². The van der Waals surface area contributed by atoms with E-state index in [1.54, 1.807) is 6.08 Å². The van der Waals surface area contributed by atoms with Crippen molar-refractivity contribution >= 4 is 11.9 Å². The van der Waals surface area contributed by atoms with Gasteiger partial charge in [-0.1, -0.05) is 11.6 Å². The molecule has 0 saturated carbocycles. The van der Waals surface area contributed by atoms with E-state index in [4.69, 9.17) is 4.74 Å². The quantitative estimate of drug-likeness (QED) is 0.443. The summed E-state index contributed by atoms with van der Waals surface area (Å²) >= 11 is 0. The van der Waals surface area contributed by atoms with Crippen molar-refractivity contribution < 1.29 is 28.5 Å². The molecular weight excluding hydrogens is 354 g/mol. The van der Waals surface area contributed by atoms with Gasteiger partial charge >= 0.3 is 0 Å². The summed E-state index contributed by atoms with van der Waals surface area (Å²) < 4.78 is 32.8. The molecule has 0 saturated heterocycles. The number of rotatable bonds is 6. The summed E-state index contributed by atoms with van der Waals surface area (Å²) in [5.41, 5.74) is 1.13. The molecule has 142 valence electrons. The predicted octanol–water partition coefficient (Wildman–Crippen LogP) is 4.52. The van der Waals surface area contributed by atoms with Crippen LogP contribution < -0.4 is 4.74 Å². The van der Waals surface area contributed by atoms with Gasteiger partial charge in [-0.25, -0.2) is 8.78 Å². The van der Waals surface area contributed by atoms with Crippen molar-refractivity contribution in [2.45, 2.75) is 20.3 Å². The summed E-state index contributed by atoms with van der Waals surface area (Å²) in [5, 5.41) is 21.0. The highest BCUT2D eigenvalue weighted by atomic mass is 19.1. The number of hydrogen-bond acceptors (Lipinski definition) is 4. The highest BCUT2D eigenvalue weighted by Crippen LogP contribution is 2.44. The Morgan fingerprint density at radius 2 is 1.89 bits per heavy atom. The molecule has 0 aliphatic carbocycles. The second-order valence-electron chi connectivity index (χ2n) is 6.13. The number of aromatic hydroxyl groups is 2. The summed E-state index contributed by atoms with van der Waals surface area (Å²) in [6.45, 7) is 3.73. The third kappa shape index (κ3) is 4.34. The Kier molecular flexibility index (Phi) is 6.34. The molecule has 0 amide bonds. The van der Waals surface area contributed by atoms with Crippen molar-refractivity contribution in [1.29, 1.82) is 0 Å². The Morgan fingerprint density at radius 3 is 2.44 bits per heavy atom. The maximum absolute atomic E-state index is 14.3. The summed E-state index contributed by atoms with van der Waals surface area (Å²) in [6.07, 6.45) is 3.50. The largest absolute Gasteiger partial charge is 0.507 e. The average Bonchev–Trinajstić information content (AvgIpc) is 2.59. The van der Waals surface area contributed by atoms with Crippen LogP contribution in [0.3, 0.4) is 0 Å². The van der Waals surface area contributed by atoms with E-state index in [1.807, 2.05) is 13.8 Å². The number of methoxy groups -OCH3 is 1. The van der Waals surface area contributed by atoms with Crippen molar-refractivity contribution in [2.24, 2.45) is 0 Å². The van der Waals surface area contributed by atoms with Gasteiger partial charge in [0.2, 0.25) is 0 Å². The Bertz CT molecular complexity index is 926. The SMILES string of the molecule is COc1cc(O)c(CC=C(C)C)c(O)c1/C(=C/C=O)c1ccc(F)cc1F. The van der Waals surface area contributed by atoms with E-state index < -0.39 is 11.6 Å². The Labute approximate surface area is 156 Å². The Hall–Kier alpha value is -3.15. The van der Waals surface area contributed by atoms with Gasteiger partial charge in [-0.15, -0.1) is 0 Å². The van der Waals surface area contributed by atoms with E-state index in [2.05, 4.69) is 0 Å². The minimum atomic E-state index is -0.900. The number of carbonyl (C=O) groups excluding carboxylic acids is 1. The van der Waals surface area contributed by atoms with Crippen LogP contribution in [0.15, 0.2) is 42.0 Å². The van der Waals surface area contributed by atoms with Gasteiger partial charge in [0.1, 0.15) is 35.2 Å². The standard InChI is InChI=1S/C21H20F2O4/c1-12(2)4-6-16-18(25)11-19(27-3)20(21(16)26)15(8-9-24)14-7-5-13(22)10-17(14)23/h4-5,7-11,25-26H,6H2,1-3H3/b15-8+. The van der Waals surface area contributed by atoms with Crippen LogP contribution in [0, 0.1) is 11.6 Å². The molecule has 6 heteroatoms. The first kappa shape index (κ1) is 20.2. The van der Waals surface area contributed by atoms with Crippen LogP contribution in [0.1, 0.15) is 30.5 Å². The molecule has 2 N–H and O–H groups in total. The first-order chi connectivity index (χ1) is 12.8. The van der Waals surface area contributed by atoms with Crippen LogP contribution in [0.5, 0.6) is 17.2 Å². The van der Waals surface area contributed by atoms with E-state index in [-0.39, 0.29) is 45.9 Å². The van der Waals surface area contributed by atoms with Gasteiger partial charge in [0.15, 0.2) is 0 Å². The molecule has 2 rings (SSSR count). The zero-order valence-electron chi connectivity index (χ0n) is 15.2. The number of benzene rings is 2. The second kappa shape index (κ2) is 8.49. The van der Waals surface area contributed by atoms with E-state index in [9.17, 15) is 23.8 Å². The first-order valence-electron chi connectivity index (χ1n) is 8.16. The number of halogens is 2. The number of carbonyl (C=O) groups is 1. The zero-order valence-corrected chi connectivity index (χ0v) is 15.2. The molecule has 0 aliphatic heterocycles. The molecule has 0 radical (unpaired) electrons. The normalized spacial score (nSPS) is 11.2. The lowest BCUT2D eigenvalue weighted by Crippen LogP contribution is -2.00. The topological polar surface area (TPSA) is 66.8 Å². The first-order valence-corrected chi connectivity index (χ1v) is 8.16. The third-order valence-electron chi connectivity index (χ3n) is 4.01. The van der Waals surface area contributed by atoms with E-state index >= 15 is 0 Å². The Morgan fingerprint density at radius 1 is 1.19 bits per heavy atom. The molecule has 0 fully saturated rings. The van der Waals surface area contributed by atoms with Crippen LogP contribution in [0.25, 0.3) is 5.57 Å². The molecule has 0 spiro atoms. The van der Waals surface area contributed by atoms with Crippen molar-refractivity contribution in [2.75, 3.05) is 7.11 Å². The van der Waals surface area contributed by atoms with E-state index in [0.717, 1.165) is 17.7 Å². The molecule has 2 aromatic carbocycles. The average molecular weight is 374 g/mol. The zero-order chi connectivity index (χ0) is 20.1. The van der Waals surface area contributed by atoms with E-state index in [0.29, 0.717) is 12.4 Å². The maximum atomic E-state index is 14.3. The van der Waals surface area contributed by atoms with Crippen LogP contribution in [-0.2, 0) is 11.2 Å². The minimum Gasteiger partial charge on any atom is -0.507 e. The fourth-order valence-electron chi connectivity index (χ4n) is 2.68. The molecular formula is C21H20F2O4. The monoisotopic (exact) mass is 374 g/mol. The van der Waals surface area contributed by atoms with Crippen molar-refractivity contribution in [3.8, 4) is 17.2 Å². The van der Waals surface area contributed by atoms with Gasteiger partial charge < -0.3 is 14.9 Å². The molecule has 0 unspecified atom stereocenters. The van der Waals surface area contributed by atoms with E-state index in [1.165, 1.54) is 19.2 Å². The summed E-state index contributed by atoms with van der Waals surface area (Å²) in [6, 6.07) is 4.18. The fraction of sp³-hybridized carbons (Fsp3) is 0.190. The Balaban J connectivity index is 2.79. The van der Waals surface area contributed by atoms with Crippen LogP contribution in [0.2, 0.25) is 0 Å². The number of allylic oxidation sites excluding steroid dienone is 3. The van der Waals surface area contributed by atoms with Crippen LogP contribution in [0.4, 0.5) is 8.78 Å². The van der Waals surface area contributed by atoms with Crippen molar-refractivity contribution in [3.63, 3.8) is 0 Å². The smallest absolute Gasteiger partial charge is 0.143 e. The van der Waals surface area contributed by atoms with Gasteiger partial charge in [0.25, 0.3) is 0 Å². The van der Waals surface area contributed by atoms with Crippen molar-refractivity contribution in [3.05, 3.63) is 70.3 Å². The lowest BCUT2D eigenvalue weighted by molar-refractivity contribution is -0.104. The maximum Gasteiger partial charge on any atom is 0.143 e. The highest BCUT2D eigenvalue weighted by molar-refractivity contribution is 5.94. The molecule has 0 heterocycles. The lowest BCUT2D eigenvalue weighted by atomic mass is 9.92. The van der Waals surface area contributed by atoms with Gasteiger partial charge in [-0.05, 0) is 38.5 Å². The third-order valence-corrected chi connectivity index (χ3v) is 4.01. The number of phenols is 2. The van der Waals surface area contributed by atoms with Gasteiger partial charge in [0.05, 0.1) is 12.7 Å². The number of hydrogen-bond donors (Lipinski definition) is 2. The number of aldehydes is 1. The van der Waals surface area contributed by atoms with Crippen molar-refractivity contribution in [1.82, 2.24) is 0 Å². The summed E-state index contributed by atoms with van der Waals surface area (Å²) in [4.78, 5) is 11.2. The minimum absolute atomic E-state index is 0.00954. The molecule has 27 heavy (non-hydrogen) atoms. The predicted molar refractivity (Wildman–Crippen MR) is 99.0 cm³/mol. The van der Waals surface area contributed by atoms with Crippen LogP contribution in [-0.4, -0.2) is 23.6 Å². The summed E-state index contributed by atoms with van der Waals surface area (Å²) in [5.74, 6) is -2.17. The fourth-order valence-corrected chi connectivity index (χ4v) is 2.68. The van der Waals surface area contributed by atoms with Gasteiger partial charge in [-0.3, -0.25) is 4.79 Å². The second-order valence-corrected chi connectivity index (χ2v) is 6.13. The van der Waals surface area contributed by atoms with Crippen LogP contribution >= 0.6 is 0 Å². The molecule has 0 atom stereocenters. The molecule has 4 nitrogen and oxygen atoms in total. The number of phenolic OH excluding ortho intramolecular Hbond substituents is 2. The highest BCUT2D eigenvalue weighted by Gasteiger charge is 2.23. The molecule has 0 aliphatic rings. The molecule has 0 bridgehead atoms.